The highest BCUT2D eigenvalue weighted by atomic mass is 16.5. The van der Waals surface area contributed by atoms with Gasteiger partial charge in [-0.3, -0.25) is 14.7 Å². The quantitative estimate of drug-likeness (QED) is 0.639. The van der Waals surface area contributed by atoms with Crippen LogP contribution in [0.15, 0.2) is 12.1 Å². The number of hydrogen-bond acceptors (Lipinski definition) is 7. The van der Waals surface area contributed by atoms with Crippen molar-refractivity contribution in [1.82, 2.24) is 25.4 Å². The number of aromatic amines is 1. The molecule has 10 nitrogen and oxygen atoms in total. The predicted molar refractivity (Wildman–Crippen MR) is 115 cm³/mol. The molecule has 32 heavy (non-hydrogen) atoms. The Morgan fingerprint density at radius 2 is 1.69 bits per heavy atom. The lowest BCUT2D eigenvalue weighted by Gasteiger charge is -2.31. The molecule has 0 radical (unpaired) electrons. The van der Waals surface area contributed by atoms with Crippen molar-refractivity contribution in [3.05, 3.63) is 29.3 Å². The SMILES string of the molecule is COc1cc(C(=O)NCC(=O)N2CCC(c3nc(C4CC4)n[nH]3)CC2)cc(OC)c1OC. The molecule has 0 bridgehead atoms. The molecule has 1 aromatic carbocycles. The molecule has 1 saturated heterocycles. The number of likely N-dealkylation sites (tertiary alicyclic amines) is 1. The summed E-state index contributed by atoms with van der Waals surface area (Å²) in [5, 5.41) is 10.1. The second-order valence-corrected chi connectivity index (χ2v) is 8.10. The maximum atomic E-state index is 12.6. The monoisotopic (exact) mass is 443 g/mol. The Bertz CT molecular complexity index is 954. The molecule has 1 aliphatic heterocycles. The van der Waals surface area contributed by atoms with E-state index in [1.54, 1.807) is 17.0 Å². The maximum Gasteiger partial charge on any atom is 0.251 e. The summed E-state index contributed by atoms with van der Waals surface area (Å²) in [5.74, 6) is 3.32. The highest BCUT2D eigenvalue weighted by molar-refractivity contribution is 5.97. The number of carbonyl (C=O) groups is 2. The summed E-state index contributed by atoms with van der Waals surface area (Å²) in [6.07, 6.45) is 4.00. The molecule has 2 aliphatic rings. The van der Waals surface area contributed by atoms with Crippen LogP contribution in [0.1, 0.15) is 59.5 Å². The van der Waals surface area contributed by atoms with Crippen molar-refractivity contribution in [2.24, 2.45) is 0 Å². The lowest BCUT2D eigenvalue weighted by Crippen LogP contribution is -2.43. The molecule has 2 N–H and O–H groups in total. The summed E-state index contributed by atoms with van der Waals surface area (Å²) in [4.78, 5) is 31.7. The number of benzene rings is 1. The number of piperidine rings is 1. The largest absolute Gasteiger partial charge is 0.493 e. The molecule has 172 valence electrons. The molecule has 0 spiro atoms. The van der Waals surface area contributed by atoms with Crippen molar-refractivity contribution in [3.8, 4) is 17.2 Å². The van der Waals surface area contributed by atoms with Crippen LogP contribution in [0.25, 0.3) is 0 Å². The standard InChI is InChI=1S/C22H29N5O5/c1-30-16-10-15(11-17(31-2)19(16)32-3)22(29)23-12-18(28)27-8-6-14(7-9-27)21-24-20(25-26-21)13-4-5-13/h10-11,13-14H,4-9,12H2,1-3H3,(H,23,29)(H,24,25,26). The number of amides is 2. The number of nitrogens with zero attached hydrogens (tertiary/aromatic N) is 3. The first-order valence-corrected chi connectivity index (χ1v) is 10.8. The van der Waals surface area contributed by atoms with Gasteiger partial charge in [0.05, 0.1) is 27.9 Å². The molecule has 0 atom stereocenters. The second-order valence-electron chi connectivity index (χ2n) is 8.10. The van der Waals surface area contributed by atoms with Gasteiger partial charge in [0.15, 0.2) is 17.3 Å². The van der Waals surface area contributed by atoms with E-state index < -0.39 is 0 Å². The average molecular weight is 444 g/mol. The number of carbonyl (C=O) groups excluding carboxylic acids is 2. The summed E-state index contributed by atoms with van der Waals surface area (Å²) < 4.78 is 15.8. The molecule has 2 aromatic rings. The van der Waals surface area contributed by atoms with Crippen LogP contribution < -0.4 is 19.5 Å². The number of rotatable bonds is 8. The van der Waals surface area contributed by atoms with E-state index in [0.29, 0.717) is 41.8 Å². The molecule has 1 saturated carbocycles. The van der Waals surface area contributed by atoms with Crippen molar-refractivity contribution < 1.29 is 23.8 Å². The summed E-state index contributed by atoms with van der Waals surface area (Å²) in [6.45, 7) is 1.18. The van der Waals surface area contributed by atoms with E-state index in [1.165, 1.54) is 34.2 Å². The van der Waals surface area contributed by atoms with Gasteiger partial charge in [0, 0.05) is 30.5 Å². The average Bonchev–Trinajstić information content (AvgIpc) is 3.57. The fourth-order valence-electron chi connectivity index (χ4n) is 3.98. The number of ether oxygens (including phenoxy) is 3. The third-order valence-electron chi connectivity index (χ3n) is 6.02. The molecule has 1 aromatic heterocycles. The van der Waals surface area contributed by atoms with E-state index in [9.17, 15) is 9.59 Å². The molecule has 10 heteroatoms. The van der Waals surface area contributed by atoms with Gasteiger partial charge >= 0.3 is 0 Å². The number of H-pyrrole nitrogens is 1. The fourth-order valence-corrected chi connectivity index (χ4v) is 3.98. The van der Waals surface area contributed by atoms with Gasteiger partial charge in [0.2, 0.25) is 11.7 Å². The lowest BCUT2D eigenvalue weighted by atomic mass is 9.96. The van der Waals surface area contributed by atoms with Gasteiger partial charge < -0.3 is 24.4 Å². The topological polar surface area (TPSA) is 119 Å². The van der Waals surface area contributed by atoms with Gasteiger partial charge in [0.25, 0.3) is 5.91 Å². The van der Waals surface area contributed by atoms with Crippen LogP contribution in [0.3, 0.4) is 0 Å². The van der Waals surface area contributed by atoms with Gasteiger partial charge in [0.1, 0.15) is 5.82 Å². The smallest absolute Gasteiger partial charge is 0.251 e. The highest BCUT2D eigenvalue weighted by Gasteiger charge is 2.30. The van der Waals surface area contributed by atoms with Crippen molar-refractivity contribution in [2.45, 2.75) is 37.5 Å². The second kappa shape index (κ2) is 9.46. The van der Waals surface area contributed by atoms with Crippen LogP contribution in [0.4, 0.5) is 0 Å². The van der Waals surface area contributed by atoms with Crippen molar-refractivity contribution in [1.29, 1.82) is 0 Å². The summed E-state index contributed by atoms with van der Waals surface area (Å²) in [5.41, 5.74) is 0.322. The van der Waals surface area contributed by atoms with E-state index in [1.807, 2.05) is 0 Å². The molecule has 2 amide bonds. The predicted octanol–water partition coefficient (Wildman–Crippen LogP) is 1.84. The van der Waals surface area contributed by atoms with E-state index in [-0.39, 0.29) is 24.3 Å². The summed E-state index contributed by atoms with van der Waals surface area (Å²) >= 11 is 0. The van der Waals surface area contributed by atoms with Gasteiger partial charge in [-0.1, -0.05) is 0 Å². The number of aromatic nitrogens is 3. The Labute approximate surface area is 186 Å². The van der Waals surface area contributed by atoms with Crippen LogP contribution in [0.5, 0.6) is 17.2 Å². The zero-order valence-electron chi connectivity index (χ0n) is 18.6. The molecule has 2 fully saturated rings. The minimum absolute atomic E-state index is 0.0751. The van der Waals surface area contributed by atoms with Crippen LogP contribution >= 0.6 is 0 Å². The van der Waals surface area contributed by atoms with Crippen LogP contribution in [0, 0.1) is 0 Å². The van der Waals surface area contributed by atoms with E-state index in [4.69, 9.17) is 14.2 Å². The molecular weight excluding hydrogens is 414 g/mol. The number of nitrogens with one attached hydrogen (secondary N) is 2. The highest BCUT2D eigenvalue weighted by Crippen LogP contribution is 2.39. The van der Waals surface area contributed by atoms with Crippen molar-refractivity contribution in [3.63, 3.8) is 0 Å². The third kappa shape index (κ3) is 4.63. The molecule has 2 heterocycles. The van der Waals surface area contributed by atoms with Crippen LogP contribution in [-0.4, -0.2) is 72.9 Å². The normalized spacial score (nSPS) is 16.5. The minimum Gasteiger partial charge on any atom is -0.493 e. The van der Waals surface area contributed by atoms with Gasteiger partial charge in [-0.15, -0.1) is 0 Å². The Kier molecular flexibility index (Phi) is 6.48. The van der Waals surface area contributed by atoms with Crippen molar-refractivity contribution >= 4 is 11.8 Å². The minimum atomic E-state index is -0.387. The molecule has 0 unspecified atom stereocenters. The first-order valence-electron chi connectivity index (χ1n) is 10.8. The molecule has 1 aliphatic carbocycles. The maximum absolute atomic E-state index is 12.6. The van der Waals surface area contributed by atoms with Crippen LogP contribution in [0.2, 0.25) is 0 Å². The first-order chi connectivity index (χ1) is 15.5. The van der Waals surface area contributed by atoms with Crippen molar-refractivity contribution in [2.75, 3.05) is 41.0 Å². The van der Waals surface area contributed by atoms with E-state index in [0.717, 1.165) is 24.5 Å². The molecular formula is C22H29N5O5. The zero-order valence-corrected chi connectivity index (χ0v) is 18.6. The third-order valence-corrected chi connectivity index (χ3v) is 6.02. The van der Waals surface area contributed by atoms with Gasteiger partial charge in [-0.05, 0) is 37.8 Å². The van der Waals surface area contributed by atoms with E-state index in [2.05, 4.69) is 20.5 Å². The van der Waals surface area contributed by atoms with E-state index >= 15 is 0 Å². The summed E-state index contributed by atoms with van der Waals surface area (Å²) in [6, 6.07) is 3.11. The zero-order chi connectivity index (χ0) is 22.7. The molecule has 4 rings (SSSR count). The fraction of sp³-hybridized carbons (Fsp3) is 0.545. The Hall–Kier alpha value is -3.30. The number of methoxy groups -OCH3 is 3. The van der Waals surface area contributed by atoms with Crippen LogP contribution in [-0.2, 0) is 4.79 Å². The van der Waals surface area contributed by atoms with Gasteiger partial charge in [-0.25, -0.2) is 4.98 Å². The van der Waals surface area contributed by atoms with Gasteiger partial charge in [-0.2, -0.15) is 5.10 Å². The lowest BCUT2D eigenvalue weighted by molar-refractivity contribution is -0.131. The summed E-state index contributed by atoms with van der Waals surface area (Å²) in [7, 11) is 4.46. The Morgan fingerprint density at radius 3 is 2.25 bits per heavy atom. The Morgan fingerprint density at radius 1 is 1.03 bits per heavy atom. The number of hydrogen-bond donors (Lipinski definition) is 2. The first kappa shape index (κ1) is 21.9. The Balaban J connectivity index is 1.29.